The number of fused-ring (bicyclic) bond motifs is 2. The van der Waals surface area contributed by atoms with Crippen molar-refractivity contribution in [3.05, 3.63) is 11.6 Å². The average Bonchev–Trinajstić information content (AvgIpc) is 2.85. The van der Waals surface area contributed by atoms with E-state index in [1.807, 2.05) is 0 Å². The Morgan fingerprint density at radius 3 is 2.39 bits per heavy atom. The fourth-order valence-electron chi connectivity index (χ4n) is 3.95. The van der Waals surface area contributed by atoms with Gasteiger partial charge in [-0.1, -0.05) is 6.08 Å². The molecule has 4 amide bonds. The number of urea groups is 1. The summed E-state index contributed by atoms with van der Waals surface area (Å²) in [5, 5.41) is 3.46. The highest BCUT2D eigenvalue weighted by molar-refractivity contribution is 7.80. The first-order chi connectivity index (χ1) is 14.2. The van der Waals surface area contributed by atoms with E-state index in [-0.39, 0.29) is 12.6 Å². The van der Waals surface area contributed by atoms with Crippen LogP contribution in [0.25, 0.3) is 0 Å². The van der Waals surface area contributed by atoms with Crippen LogP contribution >= 0.6 is 0 Å². The summed E-state index contributed by atoms with van der Waals surface area (Å²) in [5.41, 5.74) is -0.0187. The third-order valence-electron chi connectivity index (χ3n) is 5.23. The van der Waals surface area contributed by atoms with Crippen LogP contribution in [-0.4, -0.2) is 89.2 Å². The number of hydrogen-bond donors (Lipinski definition) is 2. The molecular weight excluding hydrogens is 432 g/mol. The maximum absolute atomic E-state index is 12.9. The van der Waals surface area contributed by atoms with Gasteiger partial charge in [-0.25, -0.2) is 9.59 Å². The first-order valence-corrected chi connectivity index (χ1v) is 11.3. The molecule has 1 unspecified atom stereocenters. The molecule has 0 saturated carbocycles. The normalized spacial score (nSPS) is 24.9. The van der Waals surface area contributed by atoms with Crippen molar-refractivity contribution in [1.29, 1.82) is 0 Å². The SMILES string of the molecule is CC1=CC2CN(C(=O)N2OS(=O)(=O)O)[C@@H]1C(=O)NC1CCN(C(=O)OC(C)(C)C)CC1. The van der Waals surface area contributed by atoms with Crippen LogP contribution in [0.1, 0.15) is 40.5 Å². The molecule has 2 saturated heterocycles. The summed E-state index contributed by atoms with van der Waals surface area (Å²) in [4.78, 5) is 40.4. The van der Waals surface area contributed by atoms with Crippen molar-refractivity contribution in [1.82, 2.24) is 20.2 Å². The summed E-state index contributed by atoms with van der Waals surface area (Å²) >= 11 is 0. The minimum absolute atomic E-state index is 0.0564. The Bertz CT molecular complexity index is 889. The smallest absolute Gasteiger partial charge is 0.418 e. The predicted octanol–water partition coefficient (Wildman–Crippen LogP) is 0.671. The average molecular weight is 461 g/mol. The molecule has 3 aliphatic rings. The number of amides is 4. The van der Waals surface area contributed by atoms with E-state index in [9.17, 15) is 22.8 Å². The zero-order chi connectivity index (χ0) is 23.1. The van der Waals surface area contributed by atoms with E-state index in [1.54, 1.807) is 38.7 Å². The van der Waals surface area contributed by atoms with Gasteiger partial charge in [-0.2, -0.15) is 13.5 Å². The van der Waals surface area contributed by atoms with Gasteiger partial charge in [-0.05, 0) is 46.1 Å². The summed E-state index contributed by atoms with van der Waals surface area (Å²) in [5.74, 6) is -0.398. The molecule has 2 bridgehead atoms. The Kier molecular flexibility index (Phi) is 6.22. The standard InChI is InChI=1S/C18H28N4O8S/c1-11-9-13-10-21(16(24)22(13)30-31(26,27)28)14(11)15(23)19-12-5-7-20(8-6-12)17(25)29-18(2,3)4/h9,12-14H,5-8,10H2,1-4H3,(H,19,23)(H,26,27,28)/t13?,14-/m0/s1. The van der Waals surface area contributed by atoms with Gasteiger partial charge in [0.25, 0.3) is 0 Å². The van der Waals surface area contributed by atoms with Gasteiger partial charge in [-0.3, -0.25) is 9.35 Å². The number of likely N-dealkylation sites (tertiary alicyclic amines) is 1. The Hall–Kier alpha value is -2.38. The molecule has 2 fully saturated rings. The number of hydroxylamine groups is 2. The van der Waals surface area contributed by atoms with Crippen molar-refractivity contribution in [3.8, 4) is 0 Å². The fourth-order valence-corrected chi connectivity index (χ4v) is 4.33. The van der Waals surface area contributed by atoms with Crippen molar-refractivity contribution >= 4 is 28.4 Å². The third-order valence-corrected chi connectivity index (χ3v) is 5.58. The molecule has 12 nitrogen and oxygen atoms in total. The number of nitrogens with zero attached hydrogens (tertiary/aromatic N) is 3. The van der Waals surface area contributed by atoms with Crippen LogP contribution < -0.4 is 5.32 Å². The van der Waals surface area contributed by atoms with Gasteiger partial charge in [0.05, 0.1) is 12.6 Å². The highest BCUT2D eigenvalue weighted by Gasteiger charge is 2.49. The zero-order valence-electron chi connectivity index (χ0n) is 17.9. The second-order valence-electron chi connectivity index (χ2n) is 8.89. The van der Waals surface area contributed by atoms with Gasteiger partial charge < -0.3 is 19.9 Å². The van der Waals surface area contributed by atoms with Crippen molar-refractivity contribution in [2.75, 3.05) is 19.6 Å². The lowest BCUT2D eigenvalue weighted by atomic mass is 9.98. The van der Waals surface area contributed by atoms with Gasteiger partial charge in [-0.15, -0.1) is 4.28 Å². The fraction of sp³-hybridized carbons (Fsp3) is 0.722. The summed E-state index contributed by atoms with van der Waals surface area (Å²) < 4.78 is 40.7. The number of ether oxygens (including phenoxy) is 1. The monoisotopic (exact) mass is 460 g/mol. The Morgan fingerprint density at radius 2 is 1.84 bits per heavy atom. The van der Waals surface area contributed by atoms with E-state index < -0.39 is 46.1 Å². The van der Waals surface area contributed by atoms with Crippen LogP contribution in [0.4, 0.5) is 9.59 Å². The lowest BCUT2D eigenvalue weighted by Crippen LogP contribution is -2.54. The molecule has 0 spiro atoms. The molecule has 0 aliphatic carbocycles. The topological polar surface area (TPSA) is 146 Å². The molecule has 3 aliphatic heterocycles. The number of piperidine rings is 1. The quantitative estimate of drug-likeness (QED) is 0.460. The maximum atomic E-state index is 12.9. The molecule has 0 aromatic heterocycles. The van der Waals surface area contributed by atoms with Crippen LogP contribution in [0.3, 0.4) is 0 Å². The van der Waals surface area contributed by atoms with Crippen LogP contribution in [0.5, 0.6) is 0 Å². The van der Waals surface area contributed by atoms with E-state index >= 15 is 0 Å². The van der Waals surface area contributed by atoms with E-state index in [0.717, 1.165) is 0 Å². The minimum atomic E-state index is -4.87. The Balaban J connectivity index is 1.58. The van der Waals surface area contributed by atoms with E-state index in [0.29, 0.717) is 36.6 Å². The van der Waals surface area contributed by atoms with Crippen molar-refractivity contribution in [2.24, 2.45) is 0 Å². The van der Waals surface area contributed by atoms with Crippen LogP contribution in [0, 0.1) is 0 Å². The minimum Gasteiger partial charge on any atom is -0.444 e. The molecule has 3 rings (SSSR count). The Labute approximate surface area is 181 Å². The summed E-state index contributed by atoms with van der Waals surface area (Å²) in [7, 11) is -4.87. The molecule has 2 atom stereocenters. The molecule has 2 N–H and O–H groups in total. The second kappa shape index (κ2) is 8.28. The van der Waals surface area contributed by atoms with Gasteiger partial charge in [0.1, 0.15) is 11.6 Å². The highest BCUT2D eigenvalue weighted by atomic mass is 32.3. The first-order valence-electron chi connectivity index (χ1n) is 9.98. The number of hydrogen-bond acceptors (Lipinski definition) is 7. The highest BCUT2D eigenvalue weighted by Crippen LogP contribution is 2.30. The zero-order valence-corrected chi connectivity index (χ0v) is 18.7. The largest absolute Gasteiger partial charge is 0.444 e. The van der Waals surface area contributed by atoms with Crippen LogP contribution in [0.2, 0.25) is 0 Å². The van der Waals surface area contributed by atoms with Gasteiger partial charge >= 0.3 is 22.5 Å². The molecule has 0 radical (unpaired) electrons. The van der Waals surface area contributed by atoms with Crippen molar-refractivity contribution in [2.45, 2.75) is 64.3 Å². The molecule has 3 heterocycles. The molecule has 0 aromatic rings. The van der Waals surface area contributed by atoms with Gasteiger partial charge in [0.15, 0.2) is 0 Å². The molecule has 0 aromatic carbocycles. The molecule has 31 heavy (non-hydrogen) atoms. The molecule has 13 heteroatoms. The van der Waals surface area contributed by atoms with Gasteiger partial charge in [0.2, 0.25) is 5.91 Å². The lowest BCUT2D eigenvalue weighted by Gasteiger charge is -2.35. The summed E-state index contributed by atoms with van der Waals surface area (Å²) in [6.45, 7) is 7.97. The summed E-state index contributed by atoms with van der Waals surface area (Å²) in [6, 6.07) is -2.65. The first kappa shape index (κ1) is 23.3. The van der Waals surface area contributed by atoms with E-state index in [2.05, 4.69) is 9.60 Å². The van der Waals surface area contributed by atoms with E-state index in [1.165, 1.54) is 4.90 Å². The summed E-state index contributed by atoms with van der Waals surface area (Å²) in [6.07, 6.45) is 2.25. The van der Waals surface area contributed by atoms with E-state index in [4.69, 9.17) is 9.29 Å². The third kappa shape index (κ3) is 5.46. The van der Waals surface area contributed by atoms with Gasteiger partial charge in [0, 0.05) is 19.1 Å². The van der Waals surface area contributed by atoms with Crippen LogP contribution in [0.15, 0.2) is 11.6 Å². The lowest BCUT2D eigenvalue weighted by molar-refractivity contribution is -0.125. The van der Waals surface area contributed by atoms with Crippen LogP contribution in [-0.2, 0) is 24.2 Å². The number of carbonyl (C=O) groups excluding carboxylic acids is 3. The molecule has 174 valence electrons. The predicted molar refractivity (Wildman–Crippen MR) is 107 cm³/mol. The number of nitrogens with one attached hydrogen (secondary N) is 1. The molecular formula is C18H28N4O8S. The number of rotatable bonds is 4. The number of carbonyl (C=O) groups is 3. The Morgan fingerprint density at radius 1 is 1.23 bits per heavy atom. The van der Waals surface area contributed by atoms with Crippen molar-refractivity contribution in [3.63, 3.8) is 0 Å². The second-order valence-corrected chi connectivity index (χ2v) is 9.90. The van der Waals surface area contributed by atoms with Crippen molar-refractivity contribution < 1.29 is 36.4 Å². The maximum Gasteiger partial charge on any atom is 0.418 e.